The van der Waals surface area contributed by atoms with Crippen LogP contribution < -0.4 is 0 Å². The Morgan fingerprint density at radius 1 is 0.593 bits per heavy atom. The van der Waals surface area contributed by atoms with Crippen molar-refractivity contribution < 1.29 is 26.2 Å². The summed E-state index contributed by atoms with van der Waals surface area (Å²) >= 11 is 0. The van der Waals surface area contributed by atoms with Crippen molar-refractivity contribution in [2.75, 3.05) is 0 Å². The molecular weight excluding hydrogens is 409 g/mol. The Morgan fingerprint density at radius 2 is 0.926 bits per heavy atom. The number of rotatable bonds is 0. The van der Waals surface area contributed by atoms with Crippen LogP contribution in [0.3, 0.4) is 0 Å². The summed E-state index contributed by atoms with van der Waals surface area (Å²) in [5.74, 6) is 0. The molecule has 0 unspecified atom stereocenters. The van der Waals surface area contributed by atoms with Crippen LogP contribution in [-0.2, 0) is 26.2 Å². The SMILES string of the molecule is [CH2-]c1ccccc1.[CH2-]c1ccccc1.[CH2-]c1ccccc1.[Zr+4].[c-]1c[nH]nn1. The van der Waals surface area contributed by atoms with Crippen molar-refractivity contribution in [3.63, 3.8) is 0 Å². The Balaban J connectivity index is 0.000000332. The summed E-state index contributed by atoms with van der Waals surface area (Å²) in [5.41, 5.74) is 3.22. The molecule has 134 valence electrons. The van der Waals surface area contributed by atoms with Gasteiger partial charge in [-0.15, -0.1) is 47.8 Å². The van der Waals surface area contributed by atoms with Gasteiger partial charge in [0.1, 0.15) is 0 Å². The first-order valence-electron chi connectivity index (χ1n) is 8.02. The molecule has 0 aliphatic carbocycles. The van der Waals surface area contributed by atoms with Crippen molar-refractivity contribution in [2.45, 2.75) is 0 Å². The van der Waals surface area contributed by atoms with Gasteiger partial charge in [-0.1, -0.05) is 18.2 Å². The van der Waals surface area contributed by atoms with Crippen LogP contribution in [0.15, 0.2) is 97.2 Å². The maximum absolute atomic E-state index is 3.72. The molecule has 4 rings (SSSR count). The van der Waals surface area contributed by atoms with Crippen molar-refractivity contribution in [3.8, 4) is 0 Å². The quantitative estimate of drug-likeness (QED) is 0.388. The zero-order valence-electron chi connectivity index (χ0n) is 15.3. The number of nitrogens with one attached hydrogen (secondary N) is 1. The molecule has 1 N–H and O–H groups in total. The number of hydrogen-bond donors (Lipinski definition) is 1. The Hall–Kier alpha value is -2.71. The van der Waals surface area contributed by atoms with Crippen molar-refractivity contribution in [2.24, 2.45) is 0 Å². The third kappa shape index (κ3) is 15.3. The molecule has 0 aliphatic heterocycles. The van der Waals surface area contributed by atoms with Gasteiger partial charge in [-0.3, -0.25) is 0 Å². The molecule has 1 heterocycles. The summed E-state index contributed by atoms with van der Waals surface area (Å²) in [4.78, 5) is 0. The minimum Gasteiger partial charge on any atom is -0.352 e. The van der Waals surface area contributed by atoms with Gasteiger partial charge in [0.05, 0.1) is 0 Å². The topological polar surface area (TPSA) is 41.6 Å². The molecule has 1 aromatic heterocycles. The van der Waals surface area contributed by atoms with E-state index in [1.165, 1.54) is 6.20 Å². The van der Waals surface area contributed by atoms with Crippen LogP contribution in [-0.4, -0.2) is 15.4 Å². The van der Waals surface area contributed by atoms with Crippen LogP contribution in [0.4, 0.5) is 0 Å². The summed E-state index contributed by atoms with van der Waals surface area (Å²) in [6.45, 7) is 11.2. The number of hydrogen-bond acceptors (Lipinski definition) is 2. The van der Waals surface area contributed by atoms with Crippen molar-refractivity contribution in [1.29, 1.82) is 0 Å². The molecule has 4 heteroatoms. The average molecular weight is 433 g/mol. The van der Waals surface area contributed by atoms with Crippen molar-refractivity contribution >= 4 is 0 Å². The monoisotopic (exact) mass is 431 g/mol. The molecule has 0 amide bonds. The van der Waals surface area contributed by atoms with E-state index >= 15 is 0 Å². The van der Waals surface area contributed by atoms with E-state index in [4.69, 9.17) is 0 Å². The molecule has 4 aromatic rings. The molecule has 0 fully saturated rings. The molecule has 0 saturated heterocycles. The molecule has 27 heavy (non-hydrogen) atoms. The normalized spacial score (nSPS) is 8.15. The fourth-order valence-corrected chi connectivity index (χ4v) is 1.58. The number of aromatic amines is 1. The molecule has 0 aliphatic rings. The van der Waals surface area contributed by atoms with E-state index in [0.717, 1.165) is 16.7 Å². The molecule has 3 nitrogen and oxygen atoms in total. The van der Waals surface area contributed by atoms with E-state index < -0.39 is 0 Å². The van der Waals surface area contributed by atoms with E-state index in [1.807, 2.05) is 91.0 Å². The van der Waals surface area contributed by atoms with Crippen LogP contribution in [0.25, 0.3) is 0 Å². The fourth-order valence-electron chi connectivity index (χ4n) is 1.58. The third-order valence-corrected chi connectivity index (χ3v) is 2.82. The van der Waals surface area contributed by atoms with Crippen molar-refractivity contribution in [1.82, 2.24) is 15.4 Å². The largest absolute Gasteiger partial charge is 4.00 e. The van der Waals surface area contributed by atoms with Gasteiger partial charge < -0.3 is 16.4 Å². The summed E-state index contributed by atoms with van der Waals surface area (Å²) in [6, 6.07) is 29.6. The second kappa shape index (κ2) is 16.7. The van der Waals surface area contributed by atoms with E-state index in [2.05, 4.69) is 42.4 Å². The van der Waals surface area contributed by atoms with Gasteiger partial charge in [0.25, 0.3) is 0 Å². The minimum atomic E-state index is 0. The van der Waals surface area contributed by atoms with Crippen molar-refractivity contribution in [3.05, 3.63) is 141 Å². The molecule has 0 saturated carbocycles. The average Bonchev–Trinajstić information content (AvgIpc) is 3.25. The number of aromatic nitrogens is 3. The second-order valence-electron chi connectivity index (χ2n) is 5.06. The number of nitrogens with zero attached hydrogens (tertiary/aromatic N) is 2. The van der Waals surface area contributed by atoms with Gasteiger partial charge in [0.2, 0.25) is 0 Å². The Labute approximate surface area is 182 Å². The molecule has 0 bridgehead atoms. The van der Waals surface area contributed by atoms with Crippen LogP contribution in [0.2, 0.25) is 0 Å². The van der Waals surface area contributed by atoms with Gasteiger partial charge in [-0.2, -0.15) is 73.9 Å². The minimum absolute atomic E-state index is 0. The zero-order chi connectivity index (χ0) is 18.9. The Morgan fingerprint density at radius 3 is 1.04 bits per heavy atom. The standard InChI is InChI=1S/3C7H7.C2H2N3.Zr/c3*1-7-5-3-2-4-6-7;1-2-4-5-3-1;/h3*2-6H,1H2;1H,(H,3,4,5);/q4*-1;+4. The van der Waals surface area contributed by atoms with E-state index in [0.29, 0.717) is 0 Å². The van der Waals surface area contributed by atoms with Crippen LogP contribution >= 0.6 is 0 Å². The Kier molecular flexibility index (Phi) is 15.1. The maximum atomic E-state index is 3.72. The molecule has 0 spiro atoms. The first-order valence-corrected chi connectivity index (χ1v) is 8.02. The zero-order valence-corrected chi connectivity index (χ0v) is 17.7. The predicted molar refractivity (Wildman–Crippen MR) is 108 cm³/mol. The molecule has 0 radical (unpaired) electrons. The predicted octanol–water partition coefficient (Wildman–Crippen LogP) is 5.21. The molecule has 0 atom stereocenters. The molecular formula is C23H23N3Zr. The van der Waals surface area contributed by atoms with Crippen LogP contribution in [0.1, 0.15) is 16.7 Å². The summed E-state index contributed by atoms with van der Waals surface area (Å²) in [5, 5.41) is 9.03. The summed E-state index contributed by atoms with van der Waals surface area (Å²) < 4.78 is 0. The van der Waals surface area contributed by atoms with Crippen LogP contribution in [0.5, 0.6) is 0 Å². The summed E-state index contributed by atoms with van der Waals surface area (Å²) in [6.07, 6.45) is 3.97. The first-order chi connectivity index (χ1) is 12.7. The molecule has 3 aromatic carbocycles. The summed E-state index contributed by atoms with van der Waals surface area (Å²) in [7, 11) is 0. The maximum Gasteiger partial charge on any atom is 4.00 e. The van der Waals surface area contributed by atoms with Crippen LogP contribution in [0, 0.1) is 27.0 Å². The Bertz CT molecular complexity index is 652. The first kappa shape index (κ1) is 24.3. The van der Waals surface area contributed by atoms with Gasteiger partial charge in [0.15, 0.2) is 0 Å². The van der Waals surface area contributed by atoms with Gasteiger partial charge >= 0.3 is 26.2 Å². The van der Waals surface area contributed by atoms with Gasteiger partial charge in [0, 0.05) is 0 Å². The van der Waals surface area contributed by atoms with E-state index in [9.17, 15) is 0 Å². The van der Waals surface area contributed by atoms with E-state index in [1.54, 1.807) is 0 Å². The van der Waals surface area contributed by atoms with Gasteiger partial charge in [-0.05, 0) is 0 Å². The third-order valence-electron chi connectivity index (χ3n) is 2.82. The van der Waals surface area contributed by atoms with E-state index in [-0.39, 0.29) is 26.2 Å². The fraction of sp³-hybridized carbons (Fsp3) is 0. The smallest absolute Gasteiger partial charge is 0.352 e. The number of H-pyrrole nitrogens is 1. The number of benzene rings is 3. The second-order valence-corrected chi connectivity index (χ2v) is 5.06. The van der Waals surface area contributed by atoms with Gasteiger partial charge in [-0.25, -0.2) is 0 Å².